The number of nitrogens with one attached hydrogen (secondary N) is 3. The normalized spacial score (nSPS) is 12.2. The van der Waals surface area contributed by atoms with E-state index in [0.29, 0.717) is 22.1 Å². The zero-order chi connectivity index (χ0) is 48.0. The van der Waals surface area contributed by atoms with E-state index in [9.17, 15) is 41.7 Å². The Morgan fingerprint density at radius 2 is 1.34 bits per heavy atom. The molecule has 68 heavy (non-hydrogen) atoms. The van der Waals surface area contributed by atoms with Gasteiger partial charge in [-0.05, 0) is 79.5 Å². The molecule has 0 aliphatic carbocycles. The molecular formula is C46H47IrN10O10S-3. The van der Waals surface area contributed by atoms with E-state index in [2.05, 4.69) is 48.2 Å². The quantitative estimate of drug-likeness (QED) is 0.0478. The van der Waals surface area contributed by atoms with E-state index in [-0.39, 0.29) is 78.0 Å². The summed E-state index contributed by atoms with van der Waals surface area (Å²) >= 11 is 0. The van der Waals surface area contributed by atoms with Crippen LogP contribution in [0, 0.1) is 19.1 Å². The number of nitrogens with zero attached hydrogens (tertiary/aromatic N) is 7. The van der Waals surface area contributed by atoms with E-state index in [1.54, 1.807) is 40.1 Å². The van der Waals surface area contributed by atoms with Gasteiger partial charge in [-0.25, -0.2) is 13.2 Å². The van der Waals surface area contributed by atoms with E-state index in [1.165, 1.54) is 6.20 Å². The molecule has 2 aromatic carbocycles. The fourth-order valence-corrected chi connectivity index (χ4v) is 6.66. The zero-order valence-corrected chi connectivity index (χ0v) is 39.9. The number of benzene rings is 2. The predicted molar refractivity (Wildman–Crippen MR) is 240 cm³/mol. The largest absolute Gasteiger partial charge is 0.748 e. The molecule has 359 valence electrons. The minimum Gasteiger partial charge on any atom is -0.748 e. The SMILES string of the molecule is Cc1ccnc(-c2cc(NC(=O)CCCC(=O)NC(CS(=O)(=O)[O-])C(=O)NCCCCC(=O)ON3C(=O)CCC3=O)ccn2)c1.[Ir].[c-]1ccccc1-n1cccn1.[c-]1ccccc1-n1cccn1. The molecule has 0 spiro atoms. The first-order chi connectivity index (χ1) is 32.2. The number of hydrogen-bond acceptors (Lipinski definition) is 14. The zero-order valence-electron chi connectivity index (χ0n) is 36.6. The number of imide groups is 1. The van der Waals surface area contributed by atoms with Gasteiger partial charge in [0.15, 0.2) is 0 Å². The van der Waals surface area contributed by atoms with Crippen LogP contribution in [0.2, 0.25) is 0 Å². The average molecular weight is 1120 g/mol. The summed E-state index contributed by atoms with van der Waals surface area (Å²) < 4.78 is 37.5. The summed E-state index contributed by atoms with van der Waals surface area (Å²) in [6.45, 7) is 1.88. The number of unbranched alkanes of at least 4 members (excludes halogenated alkanes) is 1. The Morgan fingerprint density at radius 3 is 1.88 bits per heavy atom. The second-order valence-electron chi connectivity index (χ2n) is 14.6. The number of carbonyl (C=O) groups excluding carboxylic acids is 6. The van der Waals surface area contributed by atoms with E-state index >= 15 is 0 Å². The maximum Gasteiger partial charge on any atom is 0.333 e. The van der Waals surface area contributed by atoms with Crippen molar-refractivity contribution in [2.24, 2.45) is 0 Å². The van der Waals surface area contributed by atoms with Crippen molar-refractivity contribution in [3.63, 3.8) is 0 Å². The summed E-state index contributed by atoms with van der Waals surface area (Å²) in [5.41, 5.74) is 4.61. The van der Waals surface area contributed by atoms with Gasteiger partial charge in [0.05, 0.1) is 27.3 Å². The van der Waals surface area contributed by atoms with Gasteiger partial charge in [-0.1, -0.05) is 0 Å². The number of pyridine rings is 2. The van der Waals surface area contributed by atoms with Crippen LogP contribution in [0.25, 0.3) is 22.8 Å². The molecule has 1 atom stereocenters. The summed E-state index contributed by atoms with van der Waals surface area (Å²) in [4.78, 5) is 85.4. The van der Waals surface area contributed by atoms with E-state index in [4.69, 9.17) is 4.84 Å². The summed E-state index contributed by atoms with van der Waals surface area (Å²) in [6.07, 6.45) is 10.4. The van der Waals surface area contributed by atoms with Crippen molar-refractivity contribution < 1.29 is 66.7 Å². The molecule has 1 saturated heterocycles. The molecule has 1 aliphatic rings. The van der Waals surface area contributed by atoms with Crippen molar-refractivity contribution in [3.8, 4) is 22.8 Å². The maximum absolute atomic E-state index is 12.5. The monoisotopic (exact) mass is 1120 g/mol. The third kappa shape index (κ3) is 18.6. The van der Waals surface area contributed by atoms with Gasteiger partial charge in [0.2, 0.25) is 17.7 Å². The van der Waals surface area contributed by atoms with E-state index < -0.39 is 57.4 Å². The number of hydroxylamine groups is 2. The van der Waals surface area contributed by atoms with Gasteiger partial charge in [0.1, 0.15) is 6.04 Å². The molecule has 1 aliphatic heterocycles. The molecule has 1 unspecified atom stereocenters. The first kappa shape index (κ1) is 53.4. The number of hydrogen-bond donors (Lipinski definition) is 3. The first-order valence-electron chi connectivity index (χ1n) is 20.9. The molecule has 1 radical (unpaired) electrons. The van der Waals surface area contributed by atoms with Gasteiger partial charge >= 0.3 is 5.97 Å². The molecule has 5 heterocycles. The number of aromatic nitrogens is 6. The van der Waals surface area contributed by atoms with Crippen molar-refractivity contribution in [1.82, 2.24) is 45.2 Å². The van der Waals surface area contributed by atoms with Crippen LogP contribution >= 0.6 is 0 Å². The molecular weight excluding hydrogens is 1080 g/mol. The summed E-state index contributed by atoms with van der Waals surface area (Å²) in [7, 11) is -4.90. The molecule has 0 saturated carbocycles. The van der Waals surface area contributed by atoms with Gasteiger partial charge in [-0.2, -0.15) is 58.7 Å². The standard InChI is InChI=1S/C28H34N6O10S.2C9H7N2.Ir/c1-18-10-13-29-20(15-18)21-16-19(11-14-30-21)32-23(35)5-4-6-24(36)33-22(17-45(41,42)43)28(40)31-12-3-2-7-27(39)44-34-25(37)8-9-26(34)38;2*1-2-5-9(6-3-1)11-8-4-7-10-11;/h10-11,13-16,22H,2-9,12,17H2,1H3,(H,31,40)(H,33,36)(H,30,32,35)(H,41,42,43);2*1-5,7-8H;/q;2*-1;/p-1. The summed E-state index contributed by atoms with van der Waals surface area (Å²) in [6, 6.07) is 30.7. The molecule has 0 bridgehead atoms. The molecule has 22 heteroatoms. The van der Waals surface area contributed by atoms with Crippen LogP contribution in [0.15, 0.2) is 122 Å². The number of amides is 5. The van der Waals surface area contributed by atoms with Crippen LogP contribution in [0.5, 0.6) is 0 Å². The molecule has 1 fully saturated rings. The number of anilines is 1. The maximum atomic E-state index is 12.5. The van der Waals surface area contributed by atoms with Gasteiger partial charge in [0.25, 0.3) is 11.8 Å². The second-order valence-corrected chi connectivity index (χ2v) is 16.0. The van der Waals surface area contributed by atoms with E-state index in [1.807, 2.05) is 92.1 Å². The van der Waals surface area contributed by atoms with Crippen molar-refractivity contribution in [2.45, 2.75) is 64.3 Å². The van der Waals surface area contributed by atoms with Crippen LogP contribution in [-0.2, 0) is 63.8 Å². The van der Waals surface area contributed by atoms with E-state index in [0.717, 1.165) is 16.9 Å². The Bertz CT molecular complexity index is 2590. The smallest absolute Gasteiger partial charge is 0.333 e. The predicted octanol–water partition coefficient (Wildman–Crippen LogP) is 3.83. The van der Waals surface area contributed by atoms with Crippen molar-refractivity contribution in [2.75, 3.05) is 17.6 Å². The molecule has 5 amide bonds. The van der Waals surface area contributed by atoms with Crippen molar-refractivity contribution in [1.29, 1.82) is 0 Å². The summed E-state index contributed by atoms with van der Waals surface area (Å²) in [5.74, 6) is -5.27. The minimum atomic E-state index is -4.90. The molecule has 20 nitrogen and oxygen atoms in total. The Morgan fingerprint density at radius 1 is 0.750 bits per heavy atom. The summed E-state index contributed by atoms with van der Waals surface area (Å²) in [5, 5.41) is 15.9. The van der Waals surface area contributed by atoms with Gasteiger partial charge in [-0.15, -0.1) is 17.2 Å². The third-order valence-corrected chi connectivity index (χ3v) is 9.99. The van der Waals surface area contributed by atoms with Crippen LogP contribution in [0.1, 0.15) is 56.9 Å². The third-order valence-electron chi connectivity index (χ3n) is 9.25. The Labute approximate surface area is 405 Å². The first-order valence-corrected chi connectivity index (χ1v) is 22.5. The molecule has 7 rings (SSSR count). The fourth-order valence-electron chi connectivity index (χ4n) is 6.02. The number of para-hydroxylation sites is 2. The molecule has 4 aromatic heterocycles. The minimum absolute atomic E-state index is 0. The average Bonchev–Trinajstić information content (AvgIpc) is 4.12. The topological polar surface area (TPSA) is 270 Å². The number of carbonyl (C=O) groups is 6. The Balaban J connectivity index is 0.000000350. The van der Waals surface area contributed by atoms with Crippen LogP contribution in [-0.4, -0.2) is 101 Å². The van der Waals surface area contributed by atoms with Crippen molar-refractivity contribution >= 4 is 51.3 Å². The number of rotatable bonds is 18. The fraction of sp³-hybridized carbons (Fsp3) is 0.261. The van der Waals surface area contributed by atoms with Crippen LogP contribution in [0.4, 0.5) is 5.69 Å². The second kappa shape index (κ2) is 27.4. The van der Waals surface area contributed by atoms with Gasteiger partial charge < -0.3 is 25.3 Å². The molecule has 6 aromatic rings. The molecule has 3 N–H and O–H groups in total. The van der Waals surface area contributed by atoms with Crippen LogP contribution < -0.4 is 16.0 Å². The van der Waals surface area contributed by atoms with Crippen LogP contribution in [0.3, 0.4) is 0 Å². The van der Waals surface area contributed by atoms with Crippen molar-refractivity contribution in [3.05, 3.63) is 140 Å². The van der Waals surface area contributed by atoms with Gasteiger partial charge in [-0.3, -0.25) is 43.3 Å². The Kier molecular flexibility index (Phi) is 21.5. The van der Waals surface area contributed by atoms with Gasteiger partial charge in [0, 0.05) is 102 Å². The Hall–Kier alpha value is -7.26. The number of aryl methyl sites for hydroxylation is 1.